The van der Waals surface area contributed by atoms with Crippen molar-refractivity contribution in [1.82, 2.24) is 5.32 Å². The maximum atomic E-state index is 12.3. The van der Waals surface area contributed by atoms with Crippen LogP contribution in [0.5, 0.6) is 0 Å². The van der Waals surface area contributed by atoms with Crippen LogP contribution in [0.2, 0.25) is 5.02 Å². The van der Waals surface area contributed by atoms with Crippen LogP contribution >= 0.6 is 11.6 Å². The number of amides is 1. The number of hydrogen-bond donors (Lipinski definition) is 1. The van der Waals surface area contributed by atoms with Gasteiger partial charge in [0.1, 0.15) is 0 Å². The molecule has 26 heavy (non-hydrogen) atoms. The van der Waals surface area contributed by atoms with Gasteiger partial charge in [0.15, 0.2) is 0 Å². The minimum absolute atomic E-state index is 0.0101. The van der Waals surface area contributed by atoms with Crippen LogP contribution in [0, 0.1) is 5.92 Å². The standard InChI is InChI=1S/C22H27ClN2O/c1-16-4-3-13-25(15-16)21-11-7-19(8-12-21)17(2)24-22(26)14-18-5-9-20(23)10-6-18/h5-12,16-17H,3-4,13-15H2,1-2H3,(H,24,26)/t16-,17-/m1/s1. The van der Waals surface area contributed by atoms with Crippen molar-refractivity contribution in [3.63, 3.8) is 0 Å². The highest BCUT2D eigenvalue weighted by Crippen LogP contribution is 2.24. The summed E-state index contributed by atoms with van der Waals surface area (Å²) in [6.07, 6.45) is 2.95. The second-order valence-corrected chi connectivity index (χ2v) is 7.81. The Labute approximate surface area is 161 Å². The molecule has 0 aliphatic carbocycles. The van der Waals surface area contributed by atoms with Gasteiger partial charge in [0, 0.05) is 23.8 Å². The van der Waals surface area contributed by atoms with Crippen LogP contribution < -0.4 is 10.2 Å². The zero-order valence-electron chi connectivity index (χ0n) is 15.5. The molecule has 138 valence electrons. The molecule has 0 bridgehead atoms. The van der Waals surface area contributed by atoms with Crippen molar-refractivity contribution >= 4 is 23.2 Å². The van der Waals surface area contributed by atoms with Crippen molar-refractivity contribution < 1.29 is 4.79 Å². The van der Waals surface area contributed by atoms with Crippen LogP contribution in [0.15, 0.2) is 48.5 Å². The number of carbonyl (C=O) groups is 1. The van der Waals surface area contributed by atoms with Crippen molar-refractivity contribution in [2.24, 2.45) is 5.92 Å². The first kappa shape index (κ1) is 18.8. The molecule has 1 aliphatic heterocycles. The molecule has 3 rings (SSSR count). The van der Waals surface area contributed by atoms with Crippen LogP contribution in [0.1, 0.15) is 43.9 Å². The van der Waals surface area contributed by atoms with Crippen molar-refractivity contribution in [2.45, 2.75) is 39.2 Å². The molecule has 1 heterocycles. The van der Waals surface area contributed by atoms with Gasteiger partial charge in [-0.1, -0.05) is 42.8 Å². The summed E-state index contributed by atoms with van der Waals surface area (Å²) in [6, 6.07) is 16.0. The largest absolute Gasteiger partial charge is 0.371 e. The van der Waals surface area contributed by atoms with Gasteiger partial charge >= 0.3 is 0 Å². The van der Waals surface area contributed by atoms with E-state index < -0.39 is 0 Å². The molecular weight excluding hydrogens is 344 g/mol. The molecule has 1 fully saturated rings. The zero-order valence-corrected chi connectivity index (χ0v) is 16.3. The summed E-state index contributed by atoms with van der Waals surface area (Å²) in [5, 5.41) is 3.77. The molecule has 1 N–H and O–H groups in total. The fourth-order valence-electron chi connectivity index (χ4n) is 3.56. The van der Waals surface area contributed by atoms with E-state index in [1.807, 2.05) is 31.2 Å². The molecule has 2 atom stereocenters. The lowest BCUT2D eigenvalue weighted by molar-refractivity contribution is -0.121. The molecule has 3 nitrogen and oxygen atoms in total. The summed E-state index contributed by atoms with van der Waals surface area (Å²) in [5.41, 5.74) is 3.37. The molecule has 0 unspecified atom stereocenters. The fraction of sp³-hybridized carbons (Fsp3) is 0.409. The van der Waals surface area contributed by atoms with Crippen molar-refractivity contribution in [3.8, 4) is 0 Å². The van der Waals surface area contributed by atoms with Gasteiger partial charge in [0.05, 0.1) is 12.5 Å². The van der Waals surface area contributed by atoms with E-state index in [0.29, 0.717) is 11.4 Å². The number of nitrogens with zero attached hydrogens (tertiary/aromatic N) is 1. The lowest BCUT2D eigenvalue weighted by Gasteiger charge is -2.33. The van der Waals surface area contributed by atoms with E-state index in [4.69, 9.17) is 11.6 Å². The van der Waals surface area contributed by atoms with Crippen molar-refractivity contribution in [3.05, 3.63) is 64.7 Å². The first-order valence-electron chi connectivity index (χ1n) is 9.40. The first-order valence-corrected chi connectivity index (χ1v) is 9.78. The maximum Gasteiger partial charge on any atom is 0.224 e. The van der Waals surface area contributed by atoms with E-state index in [9.17, 15) is 4.79 Å². The van der Waals surface area contributed by atoms with E-state index in [1.165, 1.54) is 18.5 Å². The number of benzene rings is 2. The second-order valence-electron chi connectivity index (χ2n) is 7.38. The molecule has 1 aliphatic rings. The summed E-state index contributed by atoms with van der Waals surface area (Å²) in [7, 11) is 0. The lowest BCUT2D eigenvalue weighted by Crippen LogP contribution is -2.34. The van der Waals surface area contributed by atoms with Gasteiger partial charge in [-0.25, -0.2) is 0 Å². The summed E-state index contributed by atoms with van der Waals surface area (Å²) in [4.78, 5) is 14.7. The summed E-state index contributed by atoms with van der Waals surface area (Å²) < 4.78 is 0. The fourth-order valence-corrected chi connectivity index (χ4v) is 3.69. The first-order chi connectivity index (χ1) is 12.5. The normalized spacial score (nSPS) is 18.4. The van der Waals surface area contributed by atoms with Gasteiger partial charge in [-0.05, 0) is 61.1 Å². The number of piperidine rings is 1. The van der Waals surface area contributed by atoms with Crippen LogP contribution in [0.4, 0.5) is 5.69 Å². The Hall–Kier alpha value is -2.00. The SMILES string of the molecule is C[C@@H]1CCCN(c2ccc([C@@H](C)NC(=O)Cc3ccc(Cl)cc3)cc2)C1. The Morgan fingerprint density at radius 1 is 1.19 bits per heavy atom. The predicted octanol–water partition coefficient (Wildman–Crippen LogP) is 5.00. The number of hydrogen-bond acceptors (Lipinski definition) is 2. The van der Waals surface area contributed by atoms with E-state index in [0.717, 1.165) is 30.1 Å². The van der Waals surface area contributed by atoms with Crippen molar-refractivity contribution in [2.75, 3.05) is 18.0 Å². The number of anilines is 1. The van der Waals surface area contributed by atoms with Crippen molar-refractivity contribution in [1.29, 1.82) is 0 Å². The number of nitrogens with one attached hydrogen (secondary N) is 1. The van der Waals surface area contributed by atoms with Crippen LogP contribution in [0.25, 0.3) is 0 Å². The Bertz CT molecular complexity index is 727. The molecule has 0 radical (unpaired) electrons. The third kappa shape index (κ3) is 5.01. The van der Waals surface area contributed by atoms with Crippen LogP contribution in [-0.4, -0.2) is 19.0 Å². The highest BCUT2D eigenvalue weighted by atomic mass is 35.5. The molecule has 0 saturated carbocycles. The Kier molecular flexibility index (Phi) is 6.20. The maximum absolute atomic E-state index is 12.3. The molecular formula is C22H27ClN2O. The van der Waals surface area contributed by atoms with Gasteiger partial charge in [0.25, 0.3) is 0 Å². The second kappa shape index (κ2) is 8.59. The van der Waals surface area contributed by atoms with Gasteiger partial charge in [-0.2, -0.15) is 0 Å². The molecule has 0 aromatic heterocycles. The molecule has 2 aromatic rings. The van der Waals surface area contributed by atoms with Crippen LogP contribution in [0.3, 0.4) is 0 Å². The minimum Gasteiger partial charge on any atom is -0.371 e. The summed E-state index contributed by atoms with van der Waals surface area (Å²) in [6.45, 7) is 6.61. The topological polar surface area (TPSA) is 32.3 Å². The smallest absolute Gasteiger partial charge is 0.224 e. The Morgan fingerprint density at radius 3 is 2.54 bits per heavy atom. The number of rotatable bonds is 5. The van der Waals surface area contributed by atoms with E-state index in [-0.39, 0.29) is 11.9 Å². The molecule has 1 amide bonds. The lowest BCUT2D eigenvalue weighted by atomic mass is 9.99. The third-order valence-corrected chi connectivity index (χ3v) is 5.32. The predicted molar refractivity (Wildman–Crippen MR) is 109 cm³/mol. The average Bonchev–Trinajstić information content (AvgIpc) is 2.64. The minimum atomic E-state index is -0.0101. The molecule has 0 spiro atoms. The van der Waals surface area contributed by atoms with E-state index >= 15 is 0 Å². The average molecular weight is 371 g/mol. The highest BCUT2D eigenvalue weighted by molar-refractivity contribution is 6.30. The van der Waals surface area contributed by atoms with Crippen LogP contribution in [-0.2, 0) is 11.2 Å². The molecule has 4 heteroatoms. The number of carbonyl (C=O) groups excluding carboxylic acids is 1. The number of halogens is 1. The van der Waals surface area contributed by atoms with Gasteiger partial charge in [-0.15, -0.1) is 0 Å². The van der Waals surface area contributed by atoms with Gasteiger partial charge in [-0.3, -0.25) is 4.79 Å². The molecule has 1 saturated heterocycles. The Morgan fingerprint density at radius 2 is 1.88 bits per heavy atom. The monoisotopic (exact) mass is 370 g/mol. The van der Waals surface area contributed by atoms with Gasteiger partial charge < -0.3 is 10.2 Å². The van der Waals surface area contributed by atoms with E-state index in [1.54, 1.807) is 0 Å². The zero-order chi connectivity index (χ0) is 18.5. The summed E-state index contributed by atoms with van der Waals surface area (Å²) in [5.74, 6) is 0.781. The quantitative estimate of drug-likeness (QED) is 0.803. The van der Waals surface area contributed by atoms with E-state index in [2.05, 4.69) is 41.4 Å². The molecule has 2 aromatic carbocycles. The Balaban J connectivity index is 1.56. The summed E-state index contributed by atoms with van der Waals surface area (Å²) >= 11 is 5.89. The van der Waals surface area contributed by atoms with Gasteiger partial charge in [0.2, 0.25) is 5.91 Å². The highest BCUT2D eigenvalue weighted by Gasteiger charge is 2.17. The third-order valence-electron chi connectivity index (χ3n) is 5.07.